The zero-order valence-corrected chi connectivity index (χ0v) is 12.6. The number of carbonyl (C=O) groups excluding carboxylic acids is 1. The largest absolute Gasteiger partial charge is 0.289 e. The lowest BCUT2D eigenvalue weighted by molar-refractivity contribution is 0.104. The first-order valence-electron chi connectivity index (χ1n) is 6.70. The van der Waals surface area contributed by atoms with Crippen molar-refractivity contribution in [3.63, 3.8) is 0 Å². The lowest BCUT2D eigenvalue weighted by atomic mass is 10.1. The van der Waals surface area contributed by atoms with Gasteiger partial charge >= 0.3 is 0 Å². The molecule has 5 nitrogen and oxygen atoms in total. The highest BCUT2D eigenvalue weighted by Crippen LogP contribution is 2.15. The second kappa shape index (κ2) is 5.45. The molecule has 0 aliphatic carbocycles. The predicted octanol–water partition coefficient (Wildman–Crippen LogP) is 2.46. The number of ketones is 1. The SMILES string of the molecule is CCn1cc(C(=O)/C=C/c2c(C)nn(C)c2C)c(C)n1. The topological polar surface area (TPSA) is 52.7 Å². The number of carbonyl (C=O) groups is 1. The van der Waals surface area contributed by atoms with Crippen LogP contribution in [0.25, 0.3) is 6.08 Å². The molecule has 0 aliphatic heterocycles. The van der Waals surface area contributed by atoms with Crippen molar-refractivity contribution >= 4 is 11.9 Å². The minimum atomic E-state index is -0.0233. The highest BCUT2D eigenvalue weighted by molar-refractivity contribution is 6.07. The van der Waals surface area contributed by atoms with E-state index in [-0.39, 0.29) is 5.78 Å². The monoisotopic (exact) mass is 272 g/mol. The molecule has 0 aliphatic rings. The summed E-state index contributed by atoms with van der Waals surface area (Å²) in [6, 6.07) is 0. The Bertz CT molecular complexity index is 676. The van der Waals surface area contributed by atoms with E-state index >= 15 is 0 Å². The predicted molar refractivity (Wildman–Crippen MR) is 78.7 cm³/mol. The summed E-state index contributed by atoms with van der Waals surface area (Å²) in [5.74, 6) is -0.0233. The van der Waals surface area contributed by atoms with Gasteiger partial charge in [-0.2, -0.15) is 10.2 Å². The number of allylic oxidation sites excluding steroid dienone is 1. The van der Waals surface area contributed by atoms with Crippen molar-refractivity contribution in [1.29, 1.82) is 0 Å². The molecule has 5 heteroatoms. The molecule has 2 aromatic heterocycles. The Balaban J connectivity index is 2.26. The molecule has 0 saturated carbocycles. The fourth-order valence-electron chi connectivity index (χ4n) is 2.20. The van der Waals surface area contributed by atoms with Crippen LogP contribution < -0.4 is 0 Å². The molecule has 0 aromatic carbocycles. The first-order chi connectivity index (χ1) is 9.43. The smallest absolute Gasteiger partial charge is 0.189 e. The van der Waals surface area contributed by atoms with Gasteiger partial charge in [0, 0.05) is 31.0 Å². The Morgan fingerprint density at radius 3 is 2.45 bits per heavy atom. The van der Waals surface area contributed by atoms with Gasteiger partial charge in [-0.3, -0.25) is 14.2 Å². The maximum absolute atomic E-state index is 12.2. The van der Waals surface area contributed by atoms with E-state index < -0.39 is 0 Å². The highest BCUT2D eigenvalue weighted by atomic mass is 16.1. The van der Waals surface area contributed by atoms with E-state index in [4.69, 9.17) is 0 Å². The number of hydrogen-bond acceptors (Lipinski definition) is 3. The minimum Gasteiger partial charge on any atom is -0.289 e. The van der Waals surface area contributed by atoms with Crippen LogP contribution in [-0.2, 0) is 13.6 Å². The molecular formula is C15H20N4O. The third kappa shape index (κ3) is 2.57. The van der Waals surface area contributed by atoms with Gasteiger partial charge in [0.25, 0.3) is 0 Å². The lowest BCUT2D eigenvalue weighted by Crippen LogP contribution is -1.95. The Kier molecular flexibility index (Phi) is 3.88. The molecule has 0 fully saturated rings. The van der Waals surface area contributed by atoms with E-state index in [0.29, 0.717) is 5.56 Å². The van der Waals surface area contributed by atoms with Crippen LogP contribution in [0.15, 0.2) is 12.3 Å². The summed E-state index contributed by atoms with van der Waals surface area (Å²) >= 11 is 0. The van der Waals surface area contributed by atoms with Crippen molar-refractivity contribution in [2.24, 2.45) is 7.05 Å². The minimum absolute atomic E-state index is 0.0233. The molecule has 2 rings (SSSR count). The molecule has 0 N–H and O–H groups in total. The van der Waals surface area contributed by atoms with E-state index in [1.807, 2.05) is 45.5 Å². The molecular weight excluding hydrogens is 252 g/mol. The average Bonchev–Trinajstić information content (AvgIpc) is 2.89. The van der Waals surface area contributed by atoms with Gasteiger partial charge in [0.1, 0.15) is 0 Å². The molecule has 0 unspecified atom stereocenters. The number of aryl methyl sites for hydroxylation is 4. The molecule has 0 amide bonds. The molecule has 106 valence electrons. The highest BCUT2D eigenvalue weighted by Gasteiger charge is 2.11. The summed E-state index contributed by atoms with van der Waals surface area (Å²) in [4.78, 5) is 12.2. The van der Waals surface area contributed by atoms with Crippen LogP contribution in [0.2, 0.25) is 0 Å². The fraction of sp³-hybridized carbons (Fsp3) is 0.400. The first kappa shape index (κ1) is 14.2. The summed E-state index contributed by atoms with van der Waals surface area (Å²) in [6.45, 7) is 8.55. The van der Waals surface area contributed by atoms with Gasteiger partial charge in [-0.15, -0.1) is 0 Å². The van der Waals surface area contributed by atoms with E-state index in [9.17, 15) is 4.79 Å². The van der Waals surface area contributed by atoms with E-state index in [1.165, 1.54) is 0 Å². The van der Waals surface area contributed by atoms with E-state index in [2.05, 4.69) is 10.2 Å². The molecule has 0 radical (unpaired) electrons. The van der Waals surface area contributed by atoms with Gasteiger partial charge in [-0.25, -0.2) is 0 Å². The maximum Gasteiger partial charge on any atom is 0.189 e. The lowest BCUT2D eigenvalue weighted by Gasteiger charge is -1.95. The molecule has 0 spiro atoms. The number of hydrogen-bond donors (Lipinski definition) is 0. The Morgan fingerprint density at radius 2 is 1.95 bits per heavy atom. The third-order valence-corrected chi connectivity index (χ3v) is 3.50. The first-order valence-corrected chi connectivity index (χ1v) is 6.70. The van der Waals surface area contributed by atoms with Gasteiger partial charge in [-0.05, 0) is 39.8 Å². The van der Waals surface area contributed by atoms with E-state index in [1.54, 1.807) is 17.0 Å². The van der Waals surface area contributed by atoms with Crippen LogP contribution in [0, 0.1) is 20.8 Å². The van der Waals surface area contributed by atoms with Gasteiger partial charge in [0.2, 0.25) is 0 Å². The average molecular weight is 272 g/mol. The summed E-state index contributed by atoms with van der Waals surface area (Å²) in [6.07, 6.45) is 5.23. The number of rotatable bonds is 4. The van der Waals surface area contributed by atoms with Gasteiger partial charge in [0.05, 0.1) is 17.0 Å². The second-order valence-electron chi connectivity index (χ2n) is 4.89. The summed E-state index contributed by atoms with van der Waals surface area (Å²) in [7, 11) is 1.90. The van der Waals surface area contributed by atoms with Crippen molar-refractivity contribution in [1.82, 2.24) is 19.6 Å². The van der Waals surface area contributed by atoms with E-state index in [0.717, 1.165) is 29.2 Å². The van der Waals surface area contributed by atoms with Gasteiger partial charge in [-0.1, -0.05) is 0 Å². The van der Waals surface area contributed by atoms with Crippen LogP contribution >= 0.6 is 0 Å². The van der Waals surface area contributed by atoms with Crippen LogP contribution in [-0.4, -0.2) is 25.3 Å². The Morgan fingerprint density at radius 1 is 1.25 bits per heavy atom. The van der Waals surface area contributed by atoms with Crippen molar-refractivity contribution in [2.45, 2.75) is 34.2 Å². The summed E-state index contributed by atoms with van der Waals surface area (Å²) in [5, 5.41) is 8.62. The second-order valence-corrected chi connectivity index (χ2v) is 4.89. The van der Waals surface area contributed by atoms with Crippen molar-refractivity contribution in [2.75, 3.05) is 0 Å². The molecule has 0 saturated heterocycles. The Hall–Kier alpha value is -2.17. The third-order valence-electron chi connectivity index (χ3n) is 3.50. The molecule has 0 bridgehead atoms. The number of aromatic nitrogens is 4. The molecule has 2 aromatic rings. The quantitative estimate of drug-likeness (QED) is 0.634. The molecule has 0 atom stereocenters. The van der Waals surface area contributed by atoms with Gasteiger partial charge < -0.3 is 0 Å². The van der Waals surface area contributed by atoms with Crippen molar-refractivity contribution in [3.05, 3.63) is 40.5 Å². The molecule has 2 heterocycles. The number of nitrogens with zero attached hydrogens (tertiary/aromatic N) is 4. The normalized spacial score (nSPS) is 11.4. The Labute approximate surface area is 118 Å². The van der Waals surface area contributed by atoms with Crippen LogP contribution in [0.3, 0.4) is 0 Å². The zero-order valence-electron chi connectivity index (χ0n) is 12.6. The van der Waals surface area contributed by atoms with Crippen LogP contribution in [0.5, 0.6) is 0 Å². The van der Waals surface area contributed by atoms with Crippen LogP contribution in [0.1, 0.15) is 39.9 Å². The van der Waals surface area contributed by atoms with Crippen molar-refractivity contribution in [3.8, 4) is 0 Å². The molecule has 20 heavy (non-hydrogen) atoms. The van der Waals surface area contributed by atoms with Gasteiger partial charge in [0.15, 0.2) is 5.78 Å². The summed E-state index contributed by atoms with van der Waals surface area (Å²) < 4.78 is 3.59. The zero-order chi connectivity index (χ0) is 14.9. The van der Waals surface area contributed by atoms with Crippen molar-refractivity contribution < 1.29 is 4.79 Å². The maximum atomic E-state index is 12.2. The fourth-order valence-corrected chi connectivity index (χ4v) is 2.20. The van der Waals surface area contributed by atoms with Crippen LogP contribution in [0.4, 0.5) is 0 Å². The summed E-state index contributed by atoms with van der Waals surface area (Å²) in [5.41, 5.74) is 4.40. The standard InChI is InChI=1S/C15H20N4O/c1-6-19-9-14(11(3)17-19)15(20)8-7-13-10(2)16-18(5)12(13)4/h7-9H,6H2,1-5H3/b8-7+.